The van der Waals surface area contributed by atoms with Crippen LogP contribution in [-0.4, -0.2) is 21.8 Å². The van der Waals surface area contributed by atoms with E-state index < -0.39 is 4.92 Å². The molecule has 0 saturated heterocycles. The maximum Gasteiger partial charge on any atom is 0.298 e. The Morgan fingerprint density at radius 3 is 2.95 bits per heavy atom. The topological polar surface area (TPSA) is 96.2 Å². The highest BCUT2D eigenvalue weighted by Crippen LogP contribution is 2.33. The van der Waals surface area contributed by atoms with Crippen LogP contribution in [0.2, 0.25) is 0 Å². The summed E-state index contributed by atoms with van der Waals surface area (Å²) in [6, 6.07) is 4.72. The van der Waals surface area contributed by atoms with Gasteiger partial charge in [0.15, 0.2) is 0 Å². The Morgan fingerprint density at radius 1 is 1.45 bits per heavy atom. The molecule has 0 saturated carbocycles. The van der Waals surface area contributed by atoms with Crippen molar-refractivity contribution >= 4 is 11.5 Å². The molecule has 1 aliphatic carbocycles. The summed E-state index contributed by atoms with van der Waals surface area (Å²) in [5, 5.41) is 15.5. The van der Waals surface area contributed by atoms with Gasteiger partial charge < -0.3 is 10.5 Å². The van der Waals surface area contributed by atoms with E-state index in [4.69, 9.17) is 10.5 Å². The summed E-state index contributed by atoms with van der Waals surface area (Å²) in [5.74, 6) is 0.903. The number of aromatic nitrogens is 2. The van der Waals surface area contributed by atoms with Gasteiger partial charge in [-0.3, -0.25) is 10.1 Å². The molecule has 0 spiro atoms. The van der Waals surface area contributed by atoms with Crippen molar-refractivity contribution in [2.24, 2.45) is 0 Å². The molecule has 104 valence electrons. The van der Waals surface area contributed by atoms with Gasteiger partial charge in [-0.2, -0.15) is 0 Å². The van der Waals surface area contributed by atoms with Gasteiger partial charge in [-0.1, -0.05) is 0 Å². The molecule has 1 aromatic carbocycles. The Bertz CT molecular complexity index is 693. The third kappa shape index (κ3) is 1.78. The summed E-state index contributed by atoms with van der Waals surface area (Å²) in [7, 11) is 1.47. The predicted molar refractivity (Wildman–Crippen MR) is 73.2 cm³/mol. The first kappa shape index (κ1) is 12.5. The number of hydrogen-bond acceptors (Lipinski definition) is 5. The number of methoxy groups -OCH3 is 1. The van der Waals surface area contributed by atoms with E-state index >= 15 is 0 Å². The summed E-state index contributed by atoms with van der Waals surface area (Å²) in [6.45, 7) is 0. The van der Waals surface area contributed by atoms with Gasteiger partial charge in [0, 0.05) is 11.3 Å². The van der Waals surface area contributed by atoms with Gasteiger partial charge in [0.1, 0.15) is 17.3 Å². The third-order valence-corrected chi connectivity index (χ3v) is 3.57. The minimum Gasteiger partial charge on any atom is -0.496 e. The molecule has 2 aromatic rings. The standard InChI is InChI=1S/C13H14N4O3/c1-20-8-5-6-11(12(7-8)17(18)19)16-10-4-2-3-9(10)13(14)15-16/h5-7H,2-4H2,1H3,(H2,14,15). The summed E-state index contributed by atoms with van der Waals surface area (Å²) in [4.78, 5) is 10.8. The van der Waals surface area contributed by atoms with Gasteiger partial charge in [0.05, 0.1) is 18.1 Å². The molecule has 2 N–H and O–H groups in total. The molecule has 7 nitrogen and oxygen atoms in total. The summed E-state index contributed by atoms with van der Waals surface area (Å²) in [5.41, 5.74) is 8.25. The number of hydrogen-bond donors (Lipinski definition) is 1. The second kappa shape index (κ2) is 4.52. The lowest BCUT2D eigenvalue weighted by molar-refractivity contribution is -0.384. The molecule has 0 radical (unpaired) electrons. The lowest BCUT2D eigenvalue weighted by Crippen LogP contribution is -2.05. The first-order valence-corrected chi connectivity index (χ1v) is 6.31. The fourth-order valence-corrected chi connectivity index (χ4v) is 2.62. The van der Waals surface area contributed by atoms with Crippen LogP contribution >= 0.6 is 0 Å². The highest BCUT2D eigenvalue weighted by Gasteiger charge is 2.26. The number of rotatable bonds is 3. The summed E-state index contributed by atoms with van der Waals surface area (Å²) >= 11 is 0. The molecule has 3 rings (SSSR count). The summed E-state index contributed by atoms with van der Waals surface area (Å²) in [6.07, 6.45) is 2.72. The molecule has 0 amide bonds. The van der Waals surface area contributed by atoms with E-state index in [0.717, 1.165) is 30.5 Å². The van der Waals surface area contributed by atoms with E-state index in [1.165, 1.54) is 13.2 Å². The molecule has 1 aromatic heterocycles. The largest absolute Gasteiger partial charge is 0.496 e. The van der Waals surface area contributed by atoms with E-state index in [2.05, 4.69) is 5.10 Å². The maximum absolute atomic E-state index is 11.2. The Kier molecular flexibility index (Phi) is 2.81. The van der Waals surface area contributed by atoms with E-state index in [0.29, 0.717) is 17.3 Å². The smallest absolute Gasteiger partial charge is 0.298 e. The Hall–Kier alpha value is -2.57. The van der Waals surface area contributed by atoms with E-state index in [1.54, 1.807) is 16.8 Å². The van der Waals surface area contributed by atoms with Gasteiger partial charge in [-0.05, 0) is 31.4 Å². The van der Waals surface area contributed by atoms with Gasteiger partial charge in [0.2, 0.25) is 0 Å². The zero-order valence-electron chi connectivity index (χ0n) is 11.0. The summed E-state index contributed by atoms with van der Waals surface area (Å²) < 4.78 is 6.63. The minimum absolute atomic E-state index is 0.0402. The number of ether oxygens (including phenoxy) is 1. The lowest BCUT2D eigenvalue weighted by Gasteiger charge is -2.07. The van der Waals surface area contributed by atoms with Crippen molar-refractivity contribution in [3.05, 3.63) is 39.6 Å². The van der Waals surface area contributed by atoms with Gasteiger partial charge >= 0.3 is 0 Å². The molecule has 0 aliphatic heterocycles. The molecule has 0 fully saturated rings. The SMILES string of the molecule is COc1ccc(-n2nc(N)c3c2CCC3)c([N+](=O)[O-])c1. The lowest BCUT2D eigenvalue weighted by atomic mass is 10.2. The van der Waals surface area contributed by atoms with Crippen LogP contribution in [-0.2, 0) is 12.8 Å². The number of nitrogen functional groups attached to an aromatic ring is 1. The molecular formula is C13H14N4O3. The van der Waals surface area contributed by atoms with Crippen LogP contribution in [0, 0.1) is 10.1 Å². The van der Waals surface area contributed by atoms with Crippen molar-refractivity contribution in [1.29, 1.82) is 0 Å². The van der Waals surface area contributed by atoms with E-state index in [1.807, 2.05) is 0 Å². The van der Waals surface area contributed by atoms with Crippen LogP contribution in [0.4, 0.5) is 11.5 Å². The Morgan fingerprint density at radius 2 is 2.25 bits per heavy atom. The quantitative estimate of drug-likeness (QED) is 0.680. The van der Waals surface area contributed by atoms with E-state index in [9.17, 15) is 10.1 Å². The molecular weight excluding hydrogens is 260 g/mol. The number of nitro groups is 1. The third-order valence-electron chi connectivity index (χ3n) is 3.57. The number of benzene rings is 1. The van der Waals surface area contributed by atoms with Gasteiger partial charge in [-0.25, -0.2) is 4.68 Å². The predicted octanol–water partition coefficient (Wildman–Crippen LogP) is 1.86. The van der Waals surface area contributed by atoms with E-state index in [-0.39, 0.29) is 5.69 Å². The molecule has 1 aliphatic rings. The molecule has 1 heterocycles. The number of anilines is 1. The second-order valence-electron chi connectivity index (χ2n) is 4.69. The molecule has 0 unspecified atom stereocenters. The van der Waals surface area contributed by atoms with Crippen molar-refractivity contribution in [1.82, 2.24) is 9.78 Å². The van der Waals surface area contributed by atoms with Crippen LogP contribution in [0.15, 0.2) is 18.2 Å². The Labute approximate surface area is 115 Å². The average Bonchev–Trinajstić information content (AvgIpc) is 3.02. The van der Waals surface area contributed by atoms with Gasteiger partial charge in [-0.15, -0.1) is 5.10 Å². The highest BCUT2D eigenvalue weighted by molar-refractivity contribution is 5.59. The fraction of sp³-hybridized carbons (Fsp3) is 0.308. The van der Waals surface area contributed by atoms with Crippen molar-refractivity contribution in [2.45, 2.75) is 19.3 Å². The van der Waals surface area contributed by atoms with Crippen LogP contribution in [0.3, 0.4) is 0 Å². The number of nitrogens with two attached hydrogens (primary N) is 1. The van der Waals surface area contributed by atoms with Crippen LogP contribution in [0.25, 0.3) is 5.69 Å². The molecule has 20 heavy (non-hydrogen) atoms. The fourth-order valence-electron chi connectivity index (χ4n) is 2.62. The zero-order chi connectivity index (χ0) is 14.3. The molecule has 0 atom stereocenters. The van der Waals surface area contributed by atoms with Crippen molar-refractivity contribution < 1.29 is 9.66 Å². The Balaban J connectivity index is 2.20. The molecule has 7 heteroatoms. The van der Waals surface area contributed by atoms with Crippen LogP contribution in [0.1, 0.15) is 17.7 Å². The normalized spacial score (nSPS) is 13.2. The van der Waals surface area contributed by atoms with Crippen molar-refractivity contribution in [3.63, 3.8) is 0 Å². The monoisotopic (exact) mass is 274 g/mol. The van der Waals surface area contributed by atoms with Crippen LogP contribution in [0.5, 0.6) is 5.75 Å². The zero-order valence-corrected chi connectivity index (χ0v) is 11.0. The number of fused-ring (bicyclic) bond motifs is 1. The number of nitro benzene ring substituents is 1. The first-order chi connectivity index (χ1) is 9.61. The van der Waals surface area contributed by atoms with Crippen molar-refractivity contribution in [2.75, 3.05) is 12.8 Å². The first-order valence-electron chi connectivity index (χ1n) is 6.31. The van der Waals surface area contributed by atoms with Crippen LogP contribution < -0.4 is 10.5 Å². The minimum atomic E-state index is -0.433. The average molecular weight is 274 g/mol. The highest BCUT2D eigenvalue weighted by atomic mass is 16.6. The van der Waals surface area contributed by atoms with Crippen molar-refractivity contribution in [3.8, 4) is 11.4 Å². The second-order valence-corrected chi connectivity index (χ2v) is 4.69. The number of nitrogens with zero attached hydrogens (tertiary/aromatic N) is 3. The molecule has 0 bridgehead atoms. The van der Waals surface area contributed by atoms with Gasteiger partial charge in [0.25, 0.3) is 5.69 Å². The maximum atomic E-state index is 11.2.